The van der Waals surface area contributed by atoms with Crippen molar-refractivity contribution in [1.82, 2.24) is 9.80 Å². The summed E-state index contributed by atoms with van der Waals surface area (Å²) in [5.41, 5.74) is 3.52. The van der Waals surface area contributed by atoms with E-state index < -0.39 is 17.1 Å². The molecular weight excluding hydrogens is 524 g/mol. The molecule has 7 rings (SSSR count). The standard InChI is InChI=1S/C36H38N2O4/c1-23-8-7-11-26(20-23)12-15-30(40)37(3)32-24(2)22-36(41)29-21-27-13-14-28(39)33-31(27)35(36,34(32)42-33)17-19-38(29)18-16-25-9-5-4-6-10-25/h4-11,13-14,20,24,29,32,34,39,41H,16-19,21-22H2,1-3H3/t24-,29+,32+,34-,35-,36+/m0/s1. The van der Waals surface area contributed by atoms with Crippen molar-refractivity contribution in [2.45, 2.75) is 68.7 Å². The van der Waals surface area contributed by atoms with Crippen molar-refractivity contribution >= 4 is 5.91 Å². The van der Waals surface area contributed by atoms with Gasteiger partial charge in [0.15, 0.2) is 11.5 Å². The summed E-state index contributed by atoms with van der Waals surface area (Å²) < 4.78 is 6.70. The topological polar surface area (TPSA) is 73.2 Å². The number of hydrogen-bond donors (Lipinski definition) is 2. The molecule has 3 aromatic rings. The minimum absolute atomic E-state index is 0.0441. The number of phenols is 1. The third-order valence-electron chi connectivity index (χ3n) is 10.5. The van der Waals surface area contributed by atoms with Crippen molar-refractivity contribution < 1.29 is 19.7 Å². The molecule has 1 spiro atoms. The number of aryl methyl sites for hydroxylation is 1. The first-order valence-corrected chi connectivity index (χ1v) is 15.1. The monoisotopic (exact) mass is 562 g/mol. The molecule has 2 heterocycles. The molecule has 2 fully saturated rings. The van der Waals surface area contributed by atoms with Crippen LogP contribution in [-0.4, -0.2) is 69.8 Å². The molecule has 1 amide bonds. The van der Waals surface area contributed by atoms with Crippen molar-refractivity contribution in [2.24, 2.45) is 5.92 Å². The molecular formula is C36H38N2O4. The van der Waals surface area contributed by atoms with Crippen molar-refractivity contribution in [3.63, 3.8) is 0 Å². The summed E-state index contributed by atoms with van der Waals surface area (Å²) in [6, 6.07) is 21.7. The molecule has 2 aliphatic heterocycles. The molecule has 3 aromatic carbocycles. The third-order valence-corrected chi connectivity index (χ3v) is 10.5. The molecule has 0 aromatic heterocycles. The lowest BCUT2D eigenvalue weighted by Gasteiger charge is -2.66. The Kier molecular flexibility index (Phi) is 6.38. The van der Waals surface area contributed by atoms with Crippen LogP contribution in [-0.2, 0) is 23.1 Å². The summed E-state index contributed by atoms with van der Waals surface area (Å²) in [5, 5.41) is 23.9. The summed E-state index contributed by atoms with van der Waals surface area (Å²) in [6.07, 6.45) is 2.38. The molecule has 0 unspecified atom stereocenters. The van der Waals surface area contributed by atoms with Crippen molar-refractivity contribution in [1.29, 1.82) is 0 Å². The number of hydrogen-bond acceptors (Lipinski definition) is 5. The number of piperidine rings is 1. The van der Waals surface area contributed by atoms with Crippen molar-refractivity contribution in [3.05, 3.63) is 94.5 Å². The second-order valence-corrected chi connectivity index (χ2v) is 12.8. The van der Waals surface area contributed by atoms with Gasteiger partial charge in [-0.15, -0.1) is 0 Å². The molecule has 6 nitrogen and oxygen atoms in total. The molecule has 4 aliphatic rings. The molecule has 6 heteroatoms. The van der Waals surface area contributed by atoms with Crippen LogP contribution in [0.5, 0.6) is 11.5 Å². The fourth-order valence-electron chi connectivity index (χ4n) is 8.72. The zero-order valence-corrected chi connectivity index (χ0v) is 24.5. The van der Waals surface area contributed by atoms with Gasteiger partial charge in [0.05, 0.1) is 17.1 Å². The number of likely N-dealkylation sites (N-methyl/N-ethyl adjacent to an activating group) is 1. The fraction of sp³-hybridized carbons (Fsp3) is 0.417. The van der Waals surface area contributed by atoms with E-state index in [2.05, 4.69) is 47.9 Å². The largest absolute Gasteiger partial charge is 0.504 e. The number of nitrogens with zero attached hydrogens (tertiary/aromatic N) is 2. The number of phenolic OH excluding ortho intramolecular Hbond substituents is 1. The van der Waals surface area contributed by atoms with E-state index >= 15 is 0 Å². The average molecular weight is 563 g/mol. The third kappa shape index (κ3) is 3.91. The van der Waals surface area contributed by atoms with Crippen LogP contribution in [0.4, 0.5) is 0 Å². The lowest BCUT2D eigenvalue weighted by atomic mass is 9.46. The molecule has 0 radical (unpaired) electrons. The van der Waals surface area contributed by atoms with Gasteiger partial charge in [-0.1, -0.05) is 61.4 Å². The zero-order chi connectivity index (χ0) is 29.2. The van der Waals surface area contributed by atoms with Crippen LogP contribution < -0.4 is 4.74 Å². The van der Waals surface area contributed by atoms with Crippen molar-refractivity contribution in [3.8, 4) is 23.3 Å². The Bertz CT molecular complexity index is 1610. The lowest BCUT2D eigenvalue weighted by molar-refractivity contribution is -0.211. The number of aromatic hydroxyl groups is 1. The first-order valence-electron chi connectivity index (χ1n) is 15.1. The molecule has 1 saturated carbocycles. The van der Waals surface area contributed by atoms with Gasteiger partial charge in [0.1, 0.15) is 6.10 Å². The second kappa shape index (κ2) is 9.90. The van der Waals surface area contributed by atoms with Crippen molar-refractivity contribution in [2.75, 3.05) is 20.1 Å². The number of amides is 1. The Labute approximate surface area is 247 Å². The Morgan fingerprint density at radius 2 is 1.95 bits per heavy atom. The zero-order valence-electron chi connectivity index (χ0n) is 24.5. The van der Waals surface area contributed by atoms with E-state index in [1.54, 1.807) is 18.0 Å². The summed E-state index contributed by atoms with van der Waals surface area (Å²) >= 11 is 0. The second-order valence-electron chi connectivity index (χ2n) is 12.8. The maximum atomic E-state index is 13.5. The summed E-state index contributed by atoms with van der Waals surface area (Å²) in [7, 11) is 1.80. The number of carbonyl (C=O) groups is 1. The van der Waals surface area contributed by atoms with E-state index in [0.29, 0.717) is 25.0 Å². The number of carbonyl (C=O) groups excluding carboxylic acids is 1. The van der Waals surface area contributed by atoms with E-state index in [4.69, 9.17) is 4.74 Å². The van der Waals surface area contributed by atoms with E-state index in [1.807, 2.05) is 43.3 Å². The highest BCUT2D eigenvalue weighted by atomic mass is 16.5. The summed E-state index contributed by atoms with van der Waals surface area (Å²) in [4.78, 5) is 17.7. The Balaban J connectivity index is 1.25. The van der Waals surface area contributed by atoms with Gasteiger partial charge < -0.3 is 19.8 Å². The van der Waals surface area contributed by atoms with Crippen LogP contribution in [0.2, 0.25) is 0 Å². The lowest BCUT2D eigenvalue weighted by Crippen LogP contribution is -2.79. The van der Waals surface area contributed by atoms with Gasteiger partial charge >= 0.3 is 0 Å². The highest BCUT2D eigenvalue weighted by Crippen LogP contribution is 2.66. The molecule has 2 aliphatic carbocycles. The van der Waals surface area contributed by atoms with Crippen LogP contribution in [0.1, 0.15) is 47.6 Å². The number of benzene rings is 3. The number of aliphatic hydroxyl groups is 1. The van der Waals surface area contributed by atoms with Gasteiger partial charge in [-0.2, -0.15) is 0 Å². The highest BCUT2D eigenvalue weighted by Gasteiger charge is 2.74. The first kappa shape index (κ1) is 27.1. The van der Waals surface area contributed by atoms with Crippen LogP contribution in [0.25, 0.3) is 0 Å². The first-order chi connectivity index (χ1) is 20.2. The number of likely N-dealkylation sites (tertiary alicyclic amines) is 1. The van der Waals surface area contributed by atoms with Gasteiger partial charge in [0, 0.05) is 36.7 Å². The fourth-order valence-corrected chi connectivity index (χ4v) is 8.72. The summed E-state index contributed by atoms with van der Waals surface area (Å²) in [5.74, 6) is 6.17. The maximum absolute atomic E-state index is 13.5. The van der Waals surface area contributed by atoms with E-state index in [1.165, 1.54) is 5.56 Å². The smallest absolute Gasteiger partial charge is 0.298 e. The predicted octanol–water partition coefficient (Wildman–Crippen LogP) is 4.22. The average Bonchev–Trinajstić information content (AvgIpc) is 3.32. The van der Waals surface area contributed by atoms with Gasteiger partial charge in [-0.05, 0) is 80.0 Å². The van der Waals surface area contributed by atoms with Gasteiger partial charge in [0.2, 0.25) is 0 Å². The molecule has 2 bridgehead atoms. The Morgan fingerprint density at radius 1 is 1.14 bits per heavy atom. The predicted molar refractivity (Wildman–Crippen MR) is 161 cm³/mol. The van der Waals surface area contributed by atoms with E-state index in [-0.39, 0.29) is 29.7 Å². The quantitative estimate of drug-likeness (QED) is 0.466. The van der Waals surface area contributed by atoms with Gasteiger partial charge in [0.25, 0.3) is 5.91 Å². The van der Waals surface area contributed by atoms with Gasteiger partial charge in [-0.3, -0.25) is 9.69 Å². The molecule has 6 atom stereocenters. The van der Waals surface area contributed by atoms with Crippen LogP contribution >= 0.6 is 0 Å². The molecule has 42 heavy (non-hydrogen) atoms. The minimum Gasteiger partial charge on any atom is -0.504 e. The Hall–Kier alpha value is -3.79. The van der Waals surface area contributed by atoms with Crippen LogP contribution in [0.15, 0.2) is 66.7 Å². The van der Waals surface area contributed by atoms with Gasteiger partial charge in [-0.25, -0.2) is 0 Å². The Morgan fingerprint density at radius 3 is 2.74 bits per heavy atom. The van der Waals surface area contributed by atoms with E-state index in [9.17, 15) is 15.0 Å². The normalized spacial score (nSPS) is 30.5. The number of rotatable bonds is 4. The molecule has 2 N–H and O–H groups in total. The van der Waals surface area contributed by atoms with Crippen LogP contribution in [0, 0.1) is 24.7 Å². The highest BCUT2D eigenvalue weighted by molar-refractivity contribution is 5.94. The number of ether oxygens (including phenoxy) is 1. The maximum Gasteiger partial charge on any atom is 0.298 e. The van der Waals surface area contributed by atoms with Crippen LogP contribution in [0.3, 0.4) is 0 Å². The SMILES string of the molecule is Cc1cccc(C#CC(=O)N(C)[C@@H]2[C@@H](C)C[C@@]3(O)[C@H]4Cc5ccc(O)c6c5[C@@]3(CCN4CCc3ccccc3)[C@H]2O6)c1. The summed E-state index contributed by atoms with van der Waals surface area (Å²) in [6.45, 7) is 5.80. The molecule has 1 saturated heterocycles. The minimum atomic E-state index is -1.05. The molecule has 216 valence electrons. The van der Waals surface area contributed by atoms with E-state index in [0.717, 1.165) is 41.8 Å².